The summed E-state index contributed by atoms with van der Waals surface area (Å²) < 4.78 is 30.6. The second-order valence-corrected chi connectivity index (χ2v) is 22.6. The molecular weight excluding hydrogens is 1100 g/mol. The highest BCUT2D eigenvalue weighted by Gasteiger charge is 2.43. The molecule has 85 heavy (non-hydrogen) atoms. The topological polar surface area (TPSA) is 292 Å². The van der Waals surface area contributed by atoms with Gasteiger partial charge < -0.3 is 55.7 Å². The number of aliphatic hydroxyl groups excluding tert-OH is 1. The number of carbonyl (C=O) groups is 10. The largest absolute Gasteiger partial charge is 0.445 e. The van der Waals surface area contributed by atoms with Crippen molar-refractivity contribution in [3.05, 3.63) is 65.7 Å². The fraction of sp³-hybridized carbons (Fsp3) is 0.639. The first kappa shape index (κ1) is 72.2. The van der Waals surface area contributed by atoms with Crippen molar-refractivity contribution < 1.29 is 71.7 Å². The van der Waals surface area contributed by atoms with Crippen LogP contribution < -0.4 is 26.6 Å². The summed E-state index contributed by atoms with van der Waals surface area (Å²) in [6.45, 7) is 15.2. The molecule has 0 radical (unpaired) electrons. The molecule has 0 saturated carbocycles. The van der Waals surface area contributed by atoms with Crippen LogP contribution in [0.25, 0.3) is 0 Å². The molecule has 1 fully saturated rings. The fourth-order valence-corrected chi connectivity index (χ4v) is 10.6. The molecule has 24 heteroatoms. The maximum absolute atomic E-state index is 14.3. The molecule has 0 aliphatic carbocycles. The molecule has 3 rings (SSSR count). The summed E-state index contributed by atoms with van der Waals surface area (Å²) in [7, 11) is 6.01. The van der Waals surface area contributed by atoms with E-state index in [4.69, 9.17) is 14.2 Å². The number of nitrogens with zero attached hydrogens (tertiary/aromatic N) is 4. The van der Waals surface area contributed by atoms with Crippen LogP contribution in [0.1, 0.15) is 137 Å². The number of methoxy groups -OCH3 is 2. The number of hydrogen-bond donors (Lipinski definition) is 6. The van der Waals surface area contributed by atoms with Crippen molar-refractivity contribution in [1.29, 1.82) is 0 Å². The third-order valence-corrected chi connectivity index (χ3v) is 15.7. The zero-order valence-corrected chi connectivity index (χ0v) is 51.9. The summed E-state index contributed by atoms with van der Waals surface area (Å²) in [6.07, 6.45) is -1.97. The smallest absolute Gasteiger partial charge is 0.410 e. The molecule has 2 aromatic rings. The van der Waals surface area contributed by atoms with E-state index in [0.29, 0.717) is 66.8 Å². The van der Waals surface area contributed by atoms with E-state index in [1.165, 1.54) is 33.1 Å². The van der Waals surface area contributed by atoms with Gasteiger partial charge in [-0.05, 0) is 73.6 Å². The number of imide groups is 1. The van der Waals surface area contributed by atoms with Crippen LogP contribution in [0.15, 0.2) is 54.6 Å². The van der Waals surface area contributed by atoms with Gasteiger partial charge in [-0.2, -0.15) is 0 Å². The van der Waals surface area contributed by atoms with Crippen LogP contribution in [0, 0.1) is 23.7 Å². The average Bonchev–Trinajstić information content (AvgIpc) is 4.23. The van der Waals surface area contributed by atoms with Crippen LogP contribution in [0.2, 0.25) is 0 Å². The summed E-state index contributed by atoms with van der Waals surface area (Å²) in [4.78, 5) is 135. The molecule has 6 N–H and O–H groups in total. The number of benzene rings is 2. The molecule has 2 unspecified atom stereocenters. The predicted molar refractivity (Wildman–Crippen MR) is 317 cm³/mol. The van der Waals surface area contributed by atoms with Crippen molar-refractivity contribution in [2.45, 2.75) is 175 Å². The number of unbranched alkanes of at least 4 members (excludes halogenated alkanes) is 2. The van der Waals surface area contributed by atoms with E-state index >= 15 is 0 Å². The van der Waals surface area contributed by atoms with Crippen molar-refractivity contribution in [1.82, 2.24) is 40.9 Å². The maximum atomic E-state index is 14.3. The second kappa shape index (κ2) is 36.1. The molecule has 0 aromatic heterocycles. The first-order valence-corrected chi connectivity index (χ1v) is 29.5. The van der Waals surface area contributed by atoms with E-state index in [2.05, 4.69) is 26.6 Å². The Morgan fingerprint density at radius 3 is 1.96 bits per heavy atom. The molecule has 1 heterocycles. The first-order chi connectivity index (χ1) is 40.2. The van der Waals surface area contributed by atoms with Gasteiger partial charge in [-0.15, -0.1) is 4.39 Å². The van der Waals surface area contributed by atoms with E-state index < -0.39 is 121 Å². The fourth-order valence-electron chi connectivity index (χ4n) is 10.6. The first-order valence-electron chi connectivity index (χ1n) is 29.5. The maximum Gasteiger partial charge on any atom is 0.410 e. The van der Waals surface area contributed by atoms with Gasteiger partial charge >= 0.3 is 12.3 Å². The quantitative estimate of drug-likeness (QED) is 0.0281. The lowest BCUT2D eigenvalue weighted by atomic mass is 9.90. The molecule has 1 aliphatic rings. The number of rotatable bonds is 34. The number of likely N-dealkylation sites (N-methyl/N-ethyl adjacent to an activating group) is 2. The number of aliphatic hydroxyl groups is 1. The van der Waals surface area contributed by atoms with E-state index in [9.17, 15) is 57.4 Å². The lowest BCUT2D eigenvalue weighted by Gasteiger charge is -2.39. The minimum Gasteiger partial charge on any atom is -0.445 e. The number of anilines is 1. The predicted octanol–water partition coefficient (Wildman–Crippen LogP) is 5.64. The third-order valence-electron chi connectivity index (χ3n) is 15.7. The van der Waals surface area contributed by atoms with Crippen LogP contribution in [0.3, 0.4) is 0 Å². The lowest BCUT2D eigenvalue weighted by Crippen LogP contribution is -2.56. The Bertz CT molecular complexity index is 2520. The number of nitrogens with one attached hydrogen (secondary N) is 5. The van der Waals surface area contributed by atoms with Crippen LogP contribution in [0.5, 0.6) is 0 Å². The molecular formula is C61H94FN9O14. The summed E-state index contributed by atoms with van der Waals surface area (Å²) in [5.74, 6) is -5.30. The lowest BCUT2D eigenvalue weighted by molar-refractivity contribution is -0.146. The van der Waals surface area contributed by atoms with Crippen LogP contribution >= 0.6 is 0 Å². The summed E-state index contributed by atoms with van der Waals surface area (Å²) in [5.41, 5.74) is 1.60. The van der Waals surface area contributed by atoms with Crippen molar-refractivity contribution in [3.8, 4) is 0 Å². The summed E-state index contributed by atoms with van der Waals surface area (Å²) in [6, 6.07) is 11.8. The van der Waals surface area contributed by atoms with Gasteiger partial charge in [0.15, 0.2) is 0 Å². The van der Waals surface area contributed by atoms with Gasteiger partial charge in [0.1, 0.15) is 18.7 Å². The Morgan fingerprint density at radius 2 is 1.39 bits per heavy atom. The monoisotopic (exact) mass is 1200 g/mol. The molecule has 1 aliphatic heterocycles. The van der Waals surface area contributed by atoms with Crippen LogP contribution in [0.4, 0.5) is 19.7 Å². The highest BCUT2D eigenvalue weighted by atomic mass is 19.1. The molecule has 23 nitrogen and oxygen atoms in total. The van der Waals surface area contributed by atoms with E-state index in [1.807, 2.05) is 32.0 Å². The molecule has 474 valence electrons. The average molecular weight is 1200 g/mol. The SMILES string of the molecule is CCC(=O)N(CCCCCC(=O)NC(C(=O)NCC(=O)Nc1ccc(COC(=O)N(C)C(C(=O)NCC(=O)N(C)[C@@H]([C@@H](C)CC)[C@@H](CC(=O)N2CCC[C@H]2[C@H](OC)[C@@H](C)C(=O)N[C@H](C)[C@@H](O)c2ccccc2)OC)C(C)C)cc1)C(C)C)C(=O)F. The van der Waals surface area contributed by atoms with Crippen molar-refractivity contribution in [2.75, 3.05) is 59.8 Å². The van der Waals surface area contributed by atoms with Gasteiger partial charge in [-0.25, -0.2) is 9.59 Å². The molecule has 10 atom stereocenters. The zero-order chi connectivity index (χ0) is 63.7. The number of ether oxygens (including phenoxy) is 3. The number of likely N-dealkylation sites (tertiary alicyclic amines) is 1. The highest BCUT2D eigenvalue weighted by molar-refractivity contribution is 5.96. The Hall–Kier alpha value is -7.05. The molecule has 10 amide bonds. The molecule has 0 spiro atoms. The van der Waals surface area contributed by atoms with Gasteiger partial charge in [-0.3, -0.25) is 48.2 Å². The van der Waals surface area contributed by atoms with Crippen LogP contribution in [-0.4, -0.2) is 181 Å². The molecule has 2 aromatic carbocycles. The van der Waals surface area contributed by atoms with Gasteiger partial charge in [-0.1, -0.05) is 111 Å². The van der Waals surface area contributed by atoms with Crippen molar-refractivity contribution in [3.63, 3.8) is 0 Å². The Kier molecular flexibility index (Phi) is 30.6. The van der Waals surface area contributed by atoms with Gasteiger partial charge in [0.2, 0.25) is 47.3 Å². The number of hydrogen-bond acceptors (Lipinski definition) is 14. The number of halogens is 1. The van der Waals surface area contributed by atoms with Crippen molar-refractivity contribution >= 4 is 65.2 Å². The number of carbonyl (C=O) groups excluding carboxylic acids is 10. The highest BCUT2D eigenvalue weighted by Crippen LogP contribution is 2.30. The van der Waals surface area contributed by atoms with E-state index in [1.54, 1.807) is 89.9 Å². The number of amides is 10. The minimum absolute atomic E-state index is 0.0173. The van der Waals surface area contributed by atoms with Crippen molar-refractivity contribution in [2.24, 2.45) is 23.7 Å². The Balaban J connectivity index is 1.52. The van der Waals surface area contributed by atoms with Gasteiger partial charge in [0.05, 0.1) is 61.9 Å². The van der Waals surface area contributed by atoms with E-state index in [0.717, 1.165) is 4.90 Å². The Morgan fingerprint density at radius 1 is 0.741 bits per heavy atom. The molecule has 0 bridgehead atoms. The van der Waals surface area contributed by atoms with E-state index in [-0.39, 0.29) is 56.1 Å². The third kappa shape index (κ3) is 22.1. The standard InChI is InChI=1S/C61H94FN9O14/c1-14-39(7)54(46(83-12)33-50(75)70-32-22-25-45(70)56(84-13)40(8)57(78)65-41(9)55(77)43-23-18-16-19-24-43)68(10)51(76)35-64-59(80)53(38(5)6)69(11)61(82)85-36-42-27-29-44(30-28-42)66-48(73)34-63-58(79)52(37(3)4)67-47(72)26-20-17-21-31-71(60(62)81)49(74)15-2/h16,18-19,23-24,27-30,37-41,45-46,52-56,77H,14-15,17,20-22,25-26,31-36H2,1-13H3,(H,63,79)(H,64,80)(H,65,78)(H,66,73)(H,67,72)/t39-,40+,41+,45-,46+,52?,53?,54-,55+,56+/m0/s1. The minimum atomic E-state index is -1.82. The summed E-state index contributed by atoms with van der Waals surface area (Å²) >= 11 is 0. The zero-order valence-electron chi connectivity index (χ0n) is 51.9. The van der Waals surface area contributed by atoms with Gasteiger partial charge in [0.25, 0.3) is 0 Å². The van der Waals surface area contributed by atoms with Gasteiger partial charge in [0, 0.05) is 59.9 Å². The summed E-state index contributed by atoms with van der Waals surface area (Å²) in [5, 5.41) is 24.4. The Labute approximate surface area is 500 Å². The van der Waals surface area contributed by atoms with Crippen LogP contribution in [-0.2, 0) is 59.2 Å². The second-order valence-electron chi connectivity index (χ2n) is 22.6. The molecule has 1 saturated heterocycles. The normalized spacial score (nSPS) is 16.3.